The second-order valence-corrected chi connectivity index (χ2v) is 8.80. The topological polar surface area (TPSA) is 76.7 Å². The SMILES string of the molecule is C=C/C(=C\C(=C/C)c1cc2c(-c3cc4c(N5CCN(C)CC5)cncc4[nH]3)n[nH]c2cn1)CC. The maximum absolute atomic E-state index is 4.68. The van der Waals surface area contributed by atoms with Crippen LogP contribution in [0.15, 0.2) is 61.1 Å². The molecule has 0 aromatic carbocycles. The van der Waals surface area contributed by atoms with Gasteiger partial charge in [-0.15, -0.1) is 0 Å². The predicted molar refractivity (Wildman–Crippen MR) is 141 cm³/mol. The molecule has 0 bridgehead atoms. The number of hydrogen-bond acceptors (Lipinski definition) is 5. The third kappa shape index (κ3) is 4.03. The Labute approximate surface area is 199 Å². The van der Waals surface area contributed by atoms with Crippen LogP contribution in [0.1, 0.15) is 26.0 Å². The third-order valence-corrected chi connectivity index (χ3v) is 6.69. The van der Waals surface area contributed by atoms with E-state index in [1.165, 1.54) is 16.6 Å². The molecule has 0 atom stereocenters. The number of nitrogens with one attached hydrogen (secondary N) is 2. The standard InChI is InChI=1S/C27H31N7/c1-5-18(6-2)12-19(7-3)22-14-21-25(16-29-22)31-32-27(21)23-13-20-24(30-23)15-28-17-26(20)34-10-8-33(4)9-11-34/h5,7,12-17,30H,1,6,8-11H2,2-4H3,(H,31,32)/b18-12+,19-7+. The minimum Gasteiger partial charge on any atom is -0.367 e. The fourth-order valence-corrected chi connectivity index (χ4v) is 4.55. The van der Waals surface area contributed by atoms with Crippen molar-refractivity contribution >= 4 is 33.1 Å². The smallest absolute Gasteiger partial charge is 0.116 e. The largest absolute Gasteiger partial charge is 0.367 e. The van der Waals surface area contributed by atoms with Gasteiger partial charge in [0.15, 0.2) is 0 Å². The zero-order valence-corrected chi connectivity index (χ0v) is 20.1. The van der Waals surface area contributed by atoms with Crippen LogP contribution in [0.3, 0.4) is 0 Å². The van der Waals surface area contributed by atoms with Gasteiger partial charge in [0.25, 0.3) is 0 Å². The molecule has 34 heavy (non-hydrogen) atoms. The number of rotatable bonds is 6. The molecule has 0 amide bonds. The van der Waals surface area contributed by atoms with E-state index >= 15 is 0 Å². The van der Waals surface area contributed by atoms with Gasteiger partial charge in [-0.25, -0.2) is 0 Å². The monoisotopic (exact) mass is 453 g/mol. The lowest BCUT2D eigenvalue weighted by Gasteiger charge is -2.34. The molecule has 2 N–H and O–H groups in total. The number of likely N-dealkylation sites (N-methyl/N-ethyl adjacent to an activating group) is 1. The number of hydrogen-bond donors (Lipinski definition) is 2. The first-order chi connectivity index (χ1) is 16.6. The quantitative estimate of drug-likeness (QED) is 0.394. The van der Waals surface area contributed by atoms with Crippen LogP contribution in [0.2, 0.25) is 0 Å². The van der Waals surface area contributed by atoms with E-state index in [0.29, 0.717) is 0 Å². The van der Waals surface area contributed by atoms with Crippen molar-refractivity contribution in [2.75, 3.05) is 38.1 Å². The molecule has 7 nitrogen and oxygen atoms in total. The van der Waals surface area contributed by atoms with E-state index in [2.05, 4.69) is 79.8 Å². The zero-order valence-electron chi connectivity index (χ0n) is 20.1. The Morgan fingerprint density at radius 3 is 2.65 bits per heavy atom. The Hall–Kier alpha value is -3.71. The van der Waals surface area contributed by atoms with Gasteiger partial charge in [-0.2, -0.15) is 5.10 Å². The summed E-state index contributed by atoms with van der Waals surface area (Å²) in [6.45, 7) is 12.2. The third-order valence-electron chi connectivity index (χ3n) is 6.69. The molecule has 7 heteroatoms. The Morgan fingerprint density at radius 1 is 1.09 bits per heavy atom. The van der Waals surface area contributed by atoms with Crippen LogP contribution in [-0.2, 0) is 0 Å². The van der Waals surface area contributed by atoms with Crippen LogP contribution in [0, 0.1) is 0 Å². The number of H-pyrrole nitrogens is 2. The number of aromatic amines is 2. The number of allylic oxidation sites excluding steroid dienone is 5. The summed E-state index contributed by atoms with van der Waals surface area (Å²) < 4.78 is 0. The first-order valence-electron chi connectivity index (χ1n) is 11.9. The average Bonchev–Trinajstić information content (AvgIpc) is 3.49. The maximum atomic E-state index is 4.68. The Bertz CT molecular complexity index is 1400. The molecular weight excluding hydrogens is 422 g/mol. The second kappa shape index (κ2) is 9.27. The lowest BCUT2D eigenvalue weighted by atomic mass is 10.0. The molecule has 4 aromatic heterocycles. The van der Waals surface area contributed by atoms with Gasteiger partial charge < -0.3 is 14.8 Å². The highest BCUT2D eigenvalue weighted by Gasteiger charge is 2.19. The van der Waals surface area contributed by atoms with Crippen LogP contribution in [0.25, 0.3) is 38.8 Å². The van der Waals surface area contributed by atoms with Crippen molar-refractivity contribution in [3.05, 3.63) is 66.8 Å². The molecule has 0 radical (unpaired) electrons. The molecule has 0 aliphatic carbocycles. The molecule has 1 aliphatic rings. The zero-order chi connectivity index (χ0) is 23.7. The van der Waals surface area contributed by atoms with Crippen molar-refractivity contribution in [1.82, 2.24) is 30.0 Å². The van der Waals surface area contributed by atoms with Gasteiger partial charge in [-0.1, -0.05) is 25.7 Å². The van der Waals surface area contributed by atoms with E-state index in [1.54, 1.807) is 0 Å². The summed E-state index contributed by atoms with van der Waals surface area (Å²) in [7, 11) is 2.17. The number of anilines is 1. The molecule has 1 aliphatic heterocycles. The van der Waals surface area contributed by atoms with E-state index in [9.17, 15) is 0 Å². The van der Waals surface area contributed by atoms with Crippen molar-refractivity contribution < 1.29 is 0 Å². The van der Waals surface area contributed by atoms with E-state index in [0.717, 1.165) is 71.7 Å². The summed E-state index contributed by atoms with van der Waals surface area (Å²) in [5.41, 5.74) is 8.14. The predicted octanol–water partition coefficient (Wildman–Crippen LogP) is 5.18. The van der Waals surface area contributed by atoms with Crippen LogP contribution < -0.4 is 4.90 Å². The Morgan fingerprint density at radius 2 is 1.91 bits per heavy atom. The summed E-state index contributed by atoms with van der Waals surface area (Å²) in [5, 5.41) is 10.0. The number of piperazine rings is 1. The minimum atomic E-state index is 0.887. The normalized spacial score (nSPS) is 16.0. The molecule has 174 valence electrons. The van der Waals surface area contributed by atoms with Crippen molar-refractivity contribution in [3.8, 4) is 11.4 Å². The van der Waals surface area contributed by atoms with Gasteiger partial charge in [0.05, 0.1) is 46.7 Å². The summed E-state index contributed by atoms with van der Waals surface area (Å²) in [5.74, 6) is 0. The summed E-state index contributed by atoms with van der Waals surface area (Å²) in [4.78, 5) is 17.5. The molecule has 1 saturated heterocycles. The summed E-state index contributed by atoms with van der Waals surface area (Å²) in [6, 6.07) is 4.31. The number of pyridine rings is 2. The fourth-order valence-electron chi connectivity index (χ4n) is 4.55. The minimum absolute atomic E-state index is 0.887. The lowest BCUT2D eigenvalue weighted by Crippen LogP contribution is -2.44. The van der Waals surface area contributed by atoms with E-state index in [-0.39, 0.29) is 0 Å². The highest BCUT2D eigenvalue weighted by molar-refractivity contribution is 6.00. The molecule has 0 spiro atoms. The highest BCUT2D eigenvalue weighted by Crippen LogP contribution is 2.33. The van der Waals surface area contributed by atoms with Crippen molar-refractivity contribution in [2.45, 2.75) is 20.3 Å². The summed E-state index contributed by atoms with van der Waals surface area (Å²) >= 11 is 0. The highest BCUT2D eigenvalue weighted by atomic mass is 15.3. The van der Waals surface area contributed by atoms with Gasteiger partial charge >= 0.3 is 0 Å². The average molecular weight is 454 g/mol. The van der Waals surface area contributed by atoms with Gasteiger partial charge in [0.2, 0.25) is 0 Å². The van der Waals surface area contributed by atoms with Gasteiger partial charge in [-0.05, 0) is 49.7 Å². The first kappa shape index (κ1) is 22.1. The van der Waals surface area contributed by atoms with E-state index in [4.69, 9.17) is 0 Å². The molecular formula is C27H31N7. The van der Waals surface area contributed by atoms with Gasteiger partial charge in [0, 0.05) is 37.0 Å². The van der Waals surface area contributed by atoms with Gasteiger partial charge in [0.1, 0.15) is 5.69 Å². The summed E-state index contributed by atoms with van der Waals surface area (Å²) in [6.07, 6.45) is 12.8. The van der Waals surface area contributed by atoms with E-state index in [1.807, 2.05) is 31.6 Å². The molecule has 5 rings (SSSR count). The lowest BCUT2D eigenvalue weighted by molar-refractivity contribution is 0.313. The van der Waals surface area contributed by atoms with Crippen LogP contribution in [0.4, 0.5) is 5.69 Å². The molecule has 1 fully saturated rings. The molecule has 0 unspecified atom stereocenters. The van der Waals surface area contributed by atoms with Crippen LogP contribution in [-0.4, -0.2) is 63.3 Å². The molecule has 5 heterocycles. The van der Waals surface area contributed by atoms with Crippen LogP contribution in [0.5, 0.6) is 0 Å². The van der Waals surface area contributed by atoms with Crippen molar-refractivity contribution in [1.29, 1.82) is 0 Å². The van der Waals surface area contributed by atoms with E-state index < -0.39 is 0 Å². The fraction of sp³-hybridized carbons (Fsp3) is 0.296. The number of aromatic nitrogens is 5. The van der Waals surface area contributed by atoms with Crippen molar-refractivity contribution in [2.24, 2.45) is 0 Å². The Kier molecular flexibility index (Phi) is 6.02. The van der Waals surface area contributed by atoms with Gasteiger partial charge in [-0.3, -0.25) is 15.1 Å². The molecule has 0 saturated carbocycles. The second-order valence-electron chi connectivity index (χ2n) is 8.80. The number of nitrogens with zero attached hydrogens (tertiary/aromatic N) is 5. The van der Waals surface area contributed by atoms with Crippen LogP contribution >= 0.6 is 0 Å². The maximum Gasteiger partial charge on any atom is 0.116 e. The molecule has 4 aromatic rings. The van der Waals surface area contributed by atoms with Crippen molar-refractivity contribution in [3.63, 3.8) is 0 Å². The Balaban J connectivity index is 1.56. The first-order valence-corrected chi connectivity index (χ1v) is 11.9. The number of fused-ring (bicyclic) bond motifs is 2.